The monoisotopic (exact) mass is 198 g/mol. The lowest BCUT2D eigenvalue weighted by molar-refractivity contribution is -0.149. The van der Waals surface area contributed by atoms with Crippen molar-refractivity contribution in [1.82, 2.24) is 0 Å². The van der Waals surface area contributed by atoms with Crippen LogP contribution in [0.3, 0.4) is 0 Å². The molecule has 1 atom stereocenters. The number of aliphatic hydroxyl groups excluding tert-OH is 1. The number of rotatable bonds is 2. The van der Waals surface area contributed by atoms with E-state index in [1.807, 2.05) is 0 Å². The van der Waals surface area contributed by atoms with Crippen molar-refractivity contribution in [1.29, 1.82) is 0 Å². The van der Waals surface area contributed by atoms with Crippen molar-refractivity contribution < 1.29 is 24.2 Å². The third-order valence-electron chi connectivity index (χ3n) is 1.58. The molecule has 76 valence electrons. The van der Waals surface area contributed by atoms with Crippen LogP contribution in [0.25, 0.3) is 0 Å². The highest BCUT2D eigenvalue weighted by atomic mass is 16.5. The first kappa shape index (κ1) is 10.5. The average molecular weight is 198 g/mol. The van der Waals surface area contributed by atoms with Gasteiger partial charge in [0.05, 0.1) is 24.7 Å². The fourth-order valence-electron chi connectivity index (χ4n) is 0.953. The first-order valence-electron chi connectivity index (χ1n) is 3.98. The van der Waals surface area contributed by atoms with E-state index in [9.17, 15) is 9.59 Å². The SMILES string of the molecule is CC(=O)O[C@@H]1C=COC=C(CO)C1=O. The van der Waals surface area contributed by atoms with Crippen molar-refractivity contribution in [3.63, 3.8) is 0 Å². The van der Waals surface area contributed by atoms with Crippen molar-refractivity contribution >= 4 is 11.8 Å². The van der Waals surface area contributed by atoms with E-state index in [2.05, 4.69) is 0 Å². The number of hydrogen-bond acceptors (Lipinski definition) is 5. The van der Waals surface area contributed by atoms with Crippen molar-refractivity contribution in [2.75, 3.05) is 6.61 Å². The maximum Gasteiger partial charge on any atom is 0.303 e. The Morgan fingerprint density at radius 2 is 2.43 bits per heavy atom. The molecule has 1 heterocycles. The van der Waals surface area contributed by atoms with Crippen molar-refractivity contribution in [2.45, 2.75) is 13.0 Å². The molecule has 1 aliphatic rings. The minimum Gasteiger partial charge on any atom is -0.472 e. The maximum absolute atomic E-state index is 11.5. The van der Waals surface area contributed by atoms with E-state index < -0.39 is 24.5 Å². The van der Waals surface area contributed by atoms with Crippen molar-refractivity contribution in [3.05, 3.63) is 24.2 Å². The molecule has 0 aromatic heterocycles. The van der Waals surface area contributed by atoms with Crippen LogP contribution in [0.5, 0.6) is 0 Å². The first-order chi connectivity index (χ1) is 6.65. The highest BCUT2D eigenvalue weighted by Crippen LogP contribution is 2.10. The van der Waals surface area contributed by atoms with E-state index in [0.29, 0.717) is 0 Å². The zero-order valence-electron chi connectivity index (χ0n) is 7.60. The molecule has 5 nitrogen and oxygen atoms in total. The van der Waals surface area contributed by atoms with Gasteiger partial charge in [-0.3, -0.25) is 9.59 Å². The summed E-state index contributed by atoms with van der Waals surface area (Å²) in [4.78, 5) is 22.1. The minimum absolute atomic E-state index is 0.0706. The van der Waals surface area contributed by atoms with Gasteiger partial charge in [-0.15, -0.1) is 0 Å². The predicted octanol–water partition coefficient (Wildman–Crippen LogP) is -0.0927. The van der Waals surface area contributed by atoms with Crippen LogP contribution in [0.2, 0.25) is 0 Å². The molecule has 0 saturated heterocycles. The highest BCUT2D eigenvalue weighted by Gasteiger charge is 2.24. The third kappa shape index (κ3) is 2.43. The molecule has 0 aliphatic carbocycles. The molecule has 0 aromatic rings. The van der Waals surface area contributed by atoms with Crippen LogP contribution in [-0.2, 0) is 19.1 Å². The Kier molecular flexibility index (Phi) is 3.41. The zero-order chi connectivity index (χ0) is 10.6. The van der Waals surface area contributed by atoms with Crippen LogP contribution >= 0.6 is 0 Å². The van der Waals surface area contributed by atoms with Gasteiger partial charge in [0, 0.05) is 6.92 Å². The van der Waals surface area contributed by atoms with Crippen molar-refractivity contribution in [2.24, 2.45) is 0 Å². The average Bonchev–Trinajstić information content (AvgIpc) is 2.29. The number of carbonyl (C=O) groups excluding carboxylic acids is 2. The Morgan fingerprint density at radius 1 is 1.71 bits per heavy atom. The minimum atomic E-state index is -1.01. The topological polar surface area (TPSA) is 72.8 Å². The summed E-state index contributed by atoms with van der Waals surface area (Å²) in [5.74, 6) is -1.04. The second-order valence-electron chi connectivity index (χ2n) is 2.66. The van der Waals surface area contributed by atoms with E-state index in [-0.39, 0.29) is 5.57 Å². The van der Waals surface area contributed by atoms with Gasteiger partial charge in [0.2, 0.25) is 5.78 Å². The summed E-state index contributed by atoms with van der Waals surface area (Å²) in [6.45, 7) is 0.757. The molecule has 0 fully saturated rings. The number of ketones is 1. The molecule has 0 spiro atoms. The second kappa shape index (κ2) is 4.57. The van der Waals surface area contributed by atoms with Gasteiger partial charge >= 0.3 is 5.97 Å². The highest BCUT2D eigenvalue weighted by molar-refractivity contribution is 6.01. The standard InChI is InChI=1S/C9H10O5/c1-6(11)14-8-2-3-13-5-7(4-10)9(8)12/h2-3,5,8,10H,4H2,1H3/t8-/m1/s1. The van der Waals surface area contributed by atoms with Gasteiger partial charge in [-0.2, -0.15) is 0 Å². The third-order valence-corrected chi connectivity index (χ3v) is 1.58. The Balaban J connectivity index is 2.80. The summed E-state index contributed by atoms with van der Waals surface area (Å²) in [6, 6.07) is 0. The second-order valence-corrected chi connectivity index (χ2v) is 2.66. The molecule has 1 aliphatic heterocycles. The maximum atomic E-state index is 11.5. The lowest BCUT2D eigenvalue weighted by Crippen LogP contribution is -2.26. The molecule has 1 N–H and O–H groups in total. The van der Waals surface area contributed by atoms with Crippen LogP contribution in [-0.4, -0.2) is 29.6 Å². The summed E-state index contributed by atoms with van der Waals surface area (Å²) in [6.07, 6.45) is 2.66. The van der Waals surface area contributed by atoms with E-state index >= 15 is 0 Å². The number of ether oxygens (including phenoxy) is 2. The molecular weight excluding hydrogens is 188 g/mol. The number of carbonyl (C=O) groups is 2. The smallest absolute Gasteiger partial charge is 0.303 e. The van der Waals surface area contributed by atoms with E-state index in [4.69, 9.17) is 14.6 Å². The molecule has 0 aromatic carbocycles. The summed E-state index contributed by atoms with van der Waals surface area (Å²) in [5.41, 5.74) is 0.0706. The van der Waals surface area contributed by atoms with Crippen LogP contribution in [0.15, 0.2) is 24.2 Å². The molecule has 14 heavy (non-hydrogen) atoms. The molecule has 0 bridgehead atoms. The fraction of sp³-hybridized carbons (Fsp3) is 0.333. The lowest BCUT2D eigenvalue weighted by atomic mass is 10.1. The van der Waals surface area contributed by atoms with Gasteiger partial charge in [-0.1, -0.05) is 0 Å². The summed E-state index contributed by atoms with van der Waals surface area (Å²) in [7, 11) is 0. The summed E-state index contributed by atoms with van der Waals surface area (Å²) < 4.78 is 9.47. The Labute approximate surface area is 80.6 Å². The van der Waals surface area contributed by atoms with E-state index in [1.165, 1.54) is 19.3 Å². The van der Waals surface area contributed by atoms with Gasteiger partial charge in [0.25, 0.3) is 0 Å². The number of esters is 1. The van der Waals surface area contributed by atoms with Crippen molar-refractivity contribution in [3.8, 4) is 0 Å². The van der Waals surface area contributed by atoms with Gasteiger partial charge in [-0.05, 0) is 6.08 Å². The predicted molar refractivity (Wildman–Crippen MR) is 46.0 cm³/mol. The zero-order valence-corrected chi connectivity index (χ0v) is 7.60. The molecule has 1 rings (SSSR count). The first-order valence-corrected chi connectivity index (χ1v) is 3.98. The number of Topliss-reactive ketones (excluding diaryl/α,β-unsaturated/α-hetero) is 1. The van der Waals surface area contributed by atoms with Crippen LogP contribution in [0.1, 0.15) is 6.92 Å². The van der Waals surface area contributed by atoms with E-state index in [0.717, 1.165) is 6.26 Å². The fourth-order valence-corrected chi connectivity index (χ4v) is 0.953. The van der Waals surface area contributed by atoms with Crippen LogP contribution < -0.4 is 0 Å². The molecular formula is C9H10O5. The summed E-state index contributed by atoms with van der Waals surface area (Å²) >= 11 is 0. The molecule has 5 heteroatoms. The Bertz CT molecular complexity index is 302. The van der Waals surface area contributed by atoms with Crippen LogP contribution in [0.4, 0.5) is 0 Å². The molecule has 0 unspecified atom stereocenters. The van der Waals surface area contributed by atoms with E-state index in [1.54, 1.807) is 0 Å². The lowest BCUT2D eigenvalue weighted by Gasteiger charge is -2.10. The van der Waals surface area contributed by atoms with Crippen LogP contribution in [0, 0.1) is 0 Å². The van der Waals surface area contributed by atoms with Gasteiger partial charge in [-0.25, -0.2) is 0 Å². The molecule has 0 amide bonds. The van der Waals surface area contributed by atoms with Gasteiger partial charge in [0.1, 0.15) is 0 Å². The van der Waals surface area contributed by atoms with Gasteiger partial charge < -0.3 is 14.6 Å². The molecule has 0 saturated carbocycles. The summed E-state index contributed by atoms with van der Waals surface area (Å²) in [5, 5.41) is 8.80. The van der Waals surface area contributed by atoms with Gasteiger partial charge in [0.15, 0.2) is 6.10 Å². The normalized spacial score (nSPS) is 20.9. The quantitative estimate of drug-likeness (QED) is 0.627. The number of aliphatic hydroxyl groups is 1. The largest absolute Gasteiger partial charge is 0.472 e. The number of hydrogen-bond donors (Lipinski definition) is 1. The Morgan fingerprint density at radius 3 is 3.00 bits per heavy atom. The molecule has 0 radical (unpaired) electrons. The Hall–Kier alpha value is -1.62.